The van der Waals surface area contributed by atoms with Crippen molar-refractivity contribution in [2.24, 2.45) is 5.92 Å². The molecular formula is C18H23N3O2. The minimum atomic E-state index is -0.311. The van der Waals surface area contributed by atoms with Gasteiger partial charge in [-0.1, -0.05) is 32.3 Å². The van der Waals surface area contributed by atoms with Crippen LogP contribution in [0.2, 0.25) is 0 Å². The first-order valence-electron chi connectivity index (χ1n) is 8.26. The predicted octanol–water partition coefficient (Wildman–Crippen LogP) is 3.47. The Kier molecular flexibility index (Phi) is 4.46. The number of carbonyl (C=O) groups excluding carboxylic acids is 1. The fraction of sp³-hybridized carbons (Fsp3) is 0.500. The second-order valence-electron chi connectivity index (χ2n) is 6.29. The number of methoxy groups -OCH3 is 1. The summed E-state index contributed by atoms with van der Waals surface area (Å²) in [4.78, 5) is 15.3. The van der Waals surface area contributed by atoms with Gasteiger partial charge >= 0.3 is 5.97 Å². The fourth-order valence-corrected chi connectivity index (χ4v) is 3.07. The molecule has 5 heteroatoms. The Bertz CT molecular complexity index is 717. The van der Waals surface area contributed by atoms with Gasteiger partial charge in [0.25, 0.3) is 0 Å². The number of aromatic amines is 1. The van der Waals surface area contributed by atoms with Crippen molar-refractivity contribution in [2.45, 2.75) is 46.0 Å². The highest BCUT2D eigenvalue weighted by Gasteiger charge is 2.22. The molecule has 1 aromatic carbocycles. The Balaban J connectivity index is 2.05. The third-order valence-electron chi connectivity index (χ3n) is 4.71. The van der Waals surface area contributed by atoms with Crippen LogP contribution in [0, 0.1) is 12.8 Å². The average molecular weight is 313 g/mol. The highest BCUT2D eigenvalue weighted by Crippen LogP contribution is 2.34. The molecule has 23 heavy (non-hydrogen) atoms. The van der Waals surface area contributed by atoms with Crippen molar-refractivity contribution in [1.29, 1.82) is 0 Å². The van der Waals surface area contributed by atoms with Crippen LogP contribution in [-0.2, 0) is 17.6 Å². The summed E-state index contributed by atoms with van der Waals surface area (Å²) in [6.45, 7) is 3.99. The number of H-pyrrole nitrogens is 1. The van der Waals surface area contributed by atoms with E-state index in [1.807, 2.05) is 19.9 Å². The van der Waals surface area contributed by atoms with Gasteiger partial charge in [-0.3, -0.25) is 0 Å². The van der Waals surface area contributed by atoms with Crippen molar-refractivity contribution in [3.8, 4) is 11.4 Å². The number of rotatable bonds is 5. The van der Waals surface area contributed by atoms with Crippen LogP contribution >= 0.6 is 0 Å². The summed E-state index contributed by atoms with van der Waals surface area (Å²) in [5.41, 5.74) is 3.74. The Labute approximate surface area is 136 Å². The molecule has 0 bridgehead atoms. The summed E-state index contributed by atoms with van der Waals surface area (Å²) in [5.74, 6) is 2.02. The molecule has 0 saturated heterocycles. The number of hydrogen-bond donors (Lipinski definition) is 1. The van der Waals surface area contributed by atoms with Crippen LogP contribution in [0.1, 0.15) is 53.5 Å². The lowest BCUT2D eigenvalue weighted by Crippen LogP contribution is -2.15. The van der Waals surface area contributed by atoms with Gasteiger partial charge in [0.05, 0.1) is 12.7 Å². The molecule has 0 amide bonds. The van der Waals surface area contributed by atoms with Crippen molar-refractivity contribution in [3.05, 3.63) is 34.6 Å². The second-order valence-corrected chi connectivity index (χ2v) is 6.29. The lowest BCUT2D eigenvalue weighted by molar-refractivity contribution is 0.0600. The Morgan fingerprint density at radius 1 is 1.35 bits per heavy atom. The van der Waals surface area contributed by atoms with Crippen LogP contribution in [0.3, 0.4) is 0 Å². The number of carbonyl (C=O) groups is 1. The summed E-state index contributed by atoms with van der Waals surface area (Å²) in [6.07, 6.45) is 5.73. The molecule has 0 aliphatic heterocycles. The summed E-state index contributed by atoms with van der Waals surface area (Å²) >= 11 is 0. The van der Waals surface area contributed by atoms with Crippen molar-refractivity contribution in [1.82, 2.24) is 15.2 Å². The summed E-state index contributed by atoms with van der Waals surface area (Å²) in [7, 11) is 1.41. The van der Waals surface area contributed by atoms with Gasteiger partial charge in [-0.25, -0.2) is 4.79 Å². The van der Waals surface area contributed by atoms with E-state index in [9.17, 15) is 4.79 Å². The van der Waals surface area contributed by atoms with Crippen molar-refractivity contribution in [3.63, 3.8) is 0 Å². The molecular weight excluding hydrogens is 290 g/mol. The third-order valence-corrected chi connectivity index (χ3v) is 4.71. The van der Waals surface area contributed by atoms with Crippen LogP contribution in [0.25, 0.3) is 11.4 Å². The molecule has 0 atom stereocenters. The van der Waals surface area contributed by atoms with E-state index in [2.05, 4.69) is 21.2 Å². The highest BCUT2D eigenvalue weighted by atomic mass is 16.5. The second kappa shape index (κ2) is 6.52. The van der Waals surface area contributed by atoms with E-state index >= 15 is 0 Å². The predicted molar refractivity (Wildman–Crippen MR) is 88.3 cm³/mol. The van der Waals surface area contributed by atoms with Gasteiger partial charge in [-0.2, -0.15) is 0 Å². The van der Waals surface area contributed by atoms with Gasteiger partial charge in [0.2, 0.25) is 0 Å². The normalized spacial score (nSPS) is 14.6. The largest absolute Gasteiger partial charge is 0.465 e. The Hall–Kier alpha value is -2.17. The number of nitrogens with one attached hydrogen (secondary N) is 1. The van der Waals surface area contributed by atoms with E-state index in [-0.39, 0.29) is 5.97 Å². The Morgan fingerprint density at radius 2 is 2.13 bits per heavy atom. The first-order valence-corrected chi connectivity index (χ1v) is 8.26. The SMILES string of the molecule is CCc1nnc(-c2cc(C(=O)OC)c(C)cc2CC2CCC2)[nH]1. The number of benzene rings is 1. The molecule has 2 aromatic rings. The van der Waals surface area contributed by atoms with E-state index in [4.69, 9.17) is 4.74 Å². The van der Waals surface area contributed by atoms with Crippen molar-refractivity contribution >= 4 is 5.97 Å². The maximum Gasteiger partial charge on any atom is 0.338 e. The fourth-order valence-electron chi connectivity index (χ4n) is 3.07. The maximum atomic E-state index is 12.0. The zero-order valence-electron chi connectivity index (χ0n) is 14.0. The molecule has 5 nitrogen and oxygen atoms in total. The highest BCUT2D eigenvalue weighted by molar-refractivity contribution is 5.92. The topological polar surface area (TPSA) is 67.9 Å². The molecule has 1 saturated carbocycles. The molecule has 122 valence electrons. The van der Waals surface area contributed by atoms with Crippen molar-refractivity contribution < 1.29 is 9.53 Å². The minimum absolute atomic E-state index is 0.311. The average Bonchev–Trinajstić information content (AvgIpc) is 2.99. The van der Waals surface area contributed by atoms with Gasteiger partial charge in [0, 0.05) is 12.0 Å². The lowest BCUT2D eigenvalue weighted by Gasteiger charge is -2.26. The number of aromatic nitrogens is 3. The van der Waals surface area contributed by atoms with E-state index in [1.54, 1.807) is 0 Å². The quantitative estimate of drug-likeness (QED) is 0.858. The zero-order valence-corrected chi connectivity index (χ0v) is 14.0. The number of hydrogen-bond acceptors (Lipinski definition) is 4. The summed E-state index contributed by atoms with van der Waals surface area (Å²) in [5, 5.41) is 8.43. The lowest BCUT2D eigenvalue weighted by atomic mass is 9.79. The van der Waals surface area contributed by atoms with E-state index in [0.717, 1.165) is 41.5 Å². The number of ether oxygens (including phenoxy) is 1. The van der Waals surface area contributed by atoms with E-state index in [0.29, 0.717) is 5.56 Å². The van der Waals surface area contributed by atoms with Gasteiger partial charge in [0.1, 0.15) is 5.82 Å². The molecule has 1 aliphatic carbocycles. The maximum absolute atomic E-state index is 12.0. The molecule has 1 fully saturated rings. The van der Waals surface area contributed by atoms with Crippen LogP contribution in [0.4, 0.5) is 0 Å². The monoisotopic (exact) mass is 313 g/mol. The molecule has 1 N–H and O–H groups in total. The van der Waals surface area contributed by atoms with E-state index < -0.39 is 0 Å². The van der Waals surface area contributed by atoms with Crippen molar-refractivity contribution in [2.75, 3.05) is 7.11 Å². The number of aryl methyl sites for hydroxylation is 2. The minimum Gasteiger partial charge on any atom is -0.465 e. The van der Waals surface area contributed by atoms with Gasteiger partial charge < -0.3 is 9.72 Å². The van der Waals surface area contributed by atoms with Gasteiger partial charge in [-0.15, -0.1) is 10.2 Å². The van der Waals surface area contributed by atoms with Crippen LogP contribution in [0.5, 0.6) is 0 Å². The molecule has 0 spiro atoms. The molecule has 0 radical (unpaired) electrons. The first kappa shape index (κ1) is 15.7. The molecule has 1 aliphatic rings. The van der Waals surface area contributed by atoms with E-state index in [1.165, 1.54) is 31.9 Å². The molecule has 0 unspecified atom stereocenters. The molecule has 3 rings (SSSR count). The standard InChI is InChI=1S/C18H23N3O2/c1-4-16-19-17(21-20-16)15-10-14(18(22)23-3)11(2)8-13(15)9-12-6-5-7-12/h8,10,12H,4-7,9H2,1-3H3,(H,19,20,21). The summed E-state index contributed by atoms with van der Waals surface area (Å²) in [6, 6.07) is 4.00. The first-order chi connectivity index (χ1) is 11.1. The van der Waals surface area contributed by atoms with Crippen LogP contribution in [0.15, 0.2) is 12.1 Å². The van der Waals surface area contributed by atoms with Gasteiger partial charge in [0.15, 0.2) is 5.82 Å². The summed E-state index contributed by atoms with van der Waals surface area (Å²) < 4.78 is 4.90. The number of nitrogens with zero attached hydrogens (tertiary/aromatic N) is 2. The van der Waals surface area contributed by atoms with Crippen LogP contribution in [-0.4, -0.2) is 28.3 Å². The smallest absolute Gasteiger partial charge is 0.338 e. The number of esters is 1. The molecule has 1 aromatic heterocycles. The third kappa shape index (κ3) is 3.14. The van der Waals surface area contributed by atoms with Gasteiger partial charge in [-0.05, 0) is 36.5 Å². The Morgan fingerprint density at radius 3 is 2.70 bits per heavy atom. The zero-order chi connectivity index (χ0) is 16.4. The molecule has 1 heterocycles. The van der Waals surface area contributed by atoms with Crippen LogP contribution < -0.4 is 0 Å².